The summed E-state index contributed by atoms with van der Waals surface area (Å²) < 4.78 is 6.20. The second kappa shape index (κ2) is 8.93. The minimum atomic E-state index is -0.383. The molecule has 2 radical (unpaired) electrons. The van der Waals surface area contributed by atoms with Crippen LogP contribution < -0.4 is 5.32 Å². The fraction of sp³-hybridized carbons (Fsp3) is 0.500. The third kappa shape index (κ3) is 6.67. The molecule has 0 spiro atoms. The van der Waals surface area contributed by atoms with Crippen LogP contribution in [0.4, 0.5) is 0 Å². The van der Waals surface area contributed by atoms with E-state index in [1.54, 1.807) is 0 Å². The molecule has 0 saturated carbocycles. The highest BCUT2D eigenvalue weighted by Gasteiger charge is 2.27. The van der Waals surface area contributed by atoms with Crippen LogP contribution in [0.3, 0.4) is 0 Å². The normalized spacial score (nSPS) is 13.6. The third-order valence-electron chi connectivity index (χ3n) is 4.15. The summed E-state index contributed by atoms with van der Waals surface area (Å²) >= 11 is 0. The Balaban J connectivity index is 1.96. The maximum absolute atomic E-state index is 6.20. The summed E-state index contributed by atoms with van der Waals surface area (Å²) in [6.07, 6.45) is 1.02. The van der Waals surface area contributed by atoms with Gasteiger partial charge in [-0.2, -0.15) is 0 Å². The standard InChI is InChI=1S/C22H32N2OSi/c1-17(23-16-15-18-11-8-7-9-12-18)19-13-10-14-20(24-19)22(5,6)25-26-21(2,3)4/h7-14,17,23H,15-16H2,1-6H3/t17-/m0/s1. The topological polar surface area (TPSA) is 34.1 Å². The van der Waals surface area contributed by atoms with Crippen molar-refractivity contribution in [3.63, 3.8) is 0 Å². The summed E-state index contributed by atoms with van der Waals surface area (Å²) in [6.45, 7) is 13.9. The van der Waals surface area contributed by atoms with Gasteiger partial charge < -0.3 is 9.74 Å². The van der Waals surface area contributed by atoms with E-state index in [2.05, 4.69) is 95.4 Å². The van der Waals surface area contributed by atoms with Gasteiger partial charge in [-0.15, -0.1) is 0 Å². The number of nitrogens with one attached hydrogen (secondary N) is 1. The molecular formula is C22H32N2OSi. The number of pyridine rings is 1. The minimum Gasteiger partial charge on any atom is -0.406 e. The molecule has 26 heavy (non-hydrogen) atoms. The highest BCUT2D eigenvalue weighted by atomic mass is 28.2. The molecule has 140 valence electrons. The van der Waals surface area contributed by atoms with Gasteiger partial charge in [0.1, 0.15) is 0 Å². The van der Waals surface area contributed by atoms with Crippen LogP contribution in [0.5, 0.6) is 0 Å². The molecule has 0 fully saturated rings. The Kier molecular flexibility index (Phi) is 7.15. The lowest BCUT2D eigenvalue weighted by Gasteiger charge is -2.29. The first kappa shape index (κ1) is 20.8. The van der Waals surface area contributed by atoms with Gasteiger partial charge in [-0.05, 0) is 56.5 Å². The maximum Gasteiger partial charge on any atom is 0.237 e. The predicted octanol–water partition coefficient (Wildman–Crippen LogP) is 5.06. The average Bonchev–Trinajstić information content (AvgIpc) is 2.60. The highest BCUT2D eigenvalue weighted by Crippen LogP contribution is 2.29. The van der Waals surface area contributed by atoms with Crippen molar-refractivity contribution in [1.29, 1.82) is 0 Å². The first-order valence-corrected chi connectivity index (χ1v) is 10.3. The number of rotatable bonds is 8. The summed E-state index contributed by atoms with van der Waals surface area (Å²) in [6, 6.07) is 17.0. The molecule has 2 aromatic rings. The Morgan fingerprint density at radius 1 is 1.00 bits per heavy atom. The Bertz CT molecular complexity index is 680. The highest BCUT2D eigenvalue weighted by molar-refractivity contribution is 6.31. The van der Waals surface area contributed by atoms with Crippen molar-refractivity contribution >= 4 is 9.76 Å². The summed E-state index contributed by atoms with van der Waals surface area (Å²) in [4.78, 5) is 4.89. The van der Waals surface area contributed by atoms with Gasteiger partial charge in [0.2, 0.25) is 9.76 Å². The van der Waals surface area contributed by atoms with Crippen LogP contribution in [0.2, 0.25) is 5.04 Å². The van der Waals surface area contributed by atoms with Crippen molar-refractivity contribution in [3.05, 3.63) is 65.5 Å². The smallest absolute Gasteiger partial charge is 0.237 e. The third-order valence-corrected chi connectivity index (χ3v) is 5.38. The Labute approximate surface area is 161 Å². The lowest BCUT2D eigenvalue weighted by molar-refractivity contribution is 0.104. The molecular weight excluding hydrogens is 336 g/mol. The van der Waals surface area contributed by atoms with E-state index in [1.165, 1.54) is 5.56 Å². The lowest BCUT2D eigenvalue weighted by Crippen LogP contribution is -2.29. The van der Waals surface area contributed by atoms with Crippen LogP contribution in [0.15, 0.2) is 48.5 Å². The molecule has 0 unspecified atom stereocenters. The van der Waals surface area contributed by atoms with Crippen molar-refractivity contribution in [2.24, 2.45) is 0 Å². The number of hydrogen-bond acceptors (Lipinski definition) is 3. The summed E-state index contributed by atoms with van der Waals surface area (Å²) in [5.74, 6) is 0. The van der Waals surface area contributed by atoms with Crippen LogP contribution in [-0.4, -0.2) is 21.3 Å². The van der Waals surface area contributed by atoms with E-state index >= 15 is 0 Å². The molecule has 4 heteroatoms. The van der Waals surface area contributed by atoms with E-state index in [0.717, 1.165) is 24.4 Å². The molecule has 3 nitrogen and oxygen atoms in total. The lowest BCUT2D eigenvalue weighted by atomic mass is 10.0. The quantitative estimate of drug-likeness (QED) is 0.661. The molecule has 2 rings (SSSR count). The predicted molar refractivity (Wildman–Crippen MR) is 110 cm³/mol. The molecule has 1 heterocycles. The van der Waals surface area contributed by atoms with Crippen LogP contribution in [0, 0.1) is 0 Å². The van der Waals surface area contributed by atoms with Crippen LogP contribution >= 0.6 is 0 Å². The van der Waals surface area contributed by atoms with Crippen molar-refractivity contribution in [2.75, 3.05) is 6.54 Å². The minimum absolute atomic E-state index is 0.168. The van der Waals surface area contributed by atoms with Crippen molar-refractivity contribution < 1.29 is 4.43 Å². The SMILES string of the molecule is C[C@H](NCCc1ccccc1)c1cccc(C(C)(C)O[Si]C(C)(C)C)n1. The van der Waals surface area contributed by atoms with E-state index in [4.69, 9.17) is 9.41 Å². The number of hydrogen-bond donors (Lipinski definition) is 1. The fourth-order valence-electron chi connectivity index (χ4n) is 2.54. The maximum atomic E-state index is 6.20. The zero-order valence-corrected chi connectivity index (χ0v) is 18.0. The van der Waals surface area contributed by atoms with Gasteiger partial charge in [-0.1, -0.05) is 57.2 Å². The van der Waals surface area contributed by atoms with E-state index in [1.807, 2.05) is 0 Å². The van der Waals surface area contributed by atoms with Gasteiger partial charge in [0, 0.05) is 6.04 Å². The van der Waals surface area contributed by atoms with Crippen LogP contribution in [0.25, 0.3) is 0 Å². The Morgan fingerprint density at radius 3 is 2.35 bits per heavy atom. The van der Waals surface area contributed by atoms with Crippen LogP contribution in [-0.2, 0) is 16.4 Å². The van der Waals surface area contributed by atoms with Gasteiger partial charge in [-0.25, -0.2) is 0 Å². The Hall–Kier alpha value is -1.49. The molecule has 1 N–H and O–H groups in total. The Morgan fingerprint density at radius 2 is 1.69 bits per heavy atom. The first-order valence-electron chi connectivity index (χ1n) is 9.37. The van der Waals surface area contributed by atoms with Gasteiger partial charge in [0.25, 0.3) is 0 Å². The summed E-state index contributed by atoms with van der Waals surface area (Å²) in [5, 5.41) is 3.75. The molecule has 0 aliphatic carbocycles. The molecule has 0 aliphatic rings. The van der Waals surface area contributed by atoms with E-state index in [0.29, 0.717) is 9.76 Å². The van der Waals surface area contributed by atoms with E-state index in [9.17, 15) is 0 Å². The van der Waals surface area contributed by atoms with Crippen molar-refractivity contribution in [1.82, 2.24) is 10.3 Å². The van der Waals surface area contributed by atoms with E-state index < -0.39 is 0 Å². The van der Waals surface area contributed by atoms with Crippen molar-refractivity contribution in [2.45, 2.75) is 64.6 Å². The molecule has 0 amide bonds. The molecule has 0 aliphatic heterocycles. The summed E-state index contributed by atoms with van der Waals surface area (Å²) in [7, 11) is 0.438. The van der Waals surface area contributed by atoms with Crippen molar-refractivity contribution in [3.8, 4) is 0 Å². The van der Waals surface area contributed by atoms with Gasteiger partial charge in [0.05, 0.1) is 17.0 Å². The van der Waals surface area contributed by atoms with Gasteiger partial charge in [-0.3, -0.25) is 4.98 Å². The molecule has 1 aromatic carbocycles. The van der Waals surface area contributed by atoms with Gasteiger partial charge >= 0.3 is 0 Å². The molecule has 1 atom stereocenters. The van der Waals surface area contributed by atoms with E-state index in [-0.39, 0.29) is 16.7 Å². The fourth-order valence-corrected chi connectivity index (χ4v) is 3.21. The summed E-state index contributed by atoms with van der Waals surface area (Å²) in [5.41, 5.74) is 3.02. The zero-order valence-electron chi connectivity index (χ0n) is 17.0. The molecule has 1 aromatic heterocycles. The average molecular weight is 369 g/mol. The zero-order chi connectivity index (χ0) is 19.2. The number of nitrogens with zero attached hydrogens (tertiary/aromatic N) is 1. The molecule has 0 saturated heterocycles. The van der Waals surface area contributed by atoms with Gasteiger partial charge in [0.15, 0.2) is 0 Å². The van der Waals surface area contributed by atoms with Crippen LogP contribution in [0.1, 0.15) is 64.5 Å². The monoisotopic (exact) mass is 368 g/mol. The first-order chi connectivity index (χ1) is 12.2. The second-order valence-electron chi connectivity index (χ2n) is 8.32. The number of aromatic nitrogens is 1. The number of benzene rings is 1. The molecule has 0 bridgehead atoms. The largest absolute Gasteiger partial charge is 0.406 e. The second-order valence-corrected chi connectivity index (χ2v) is 10.2.